The van der Waals surface area contributed by atoms with Gasteiger partial charge in [0.1, 0.15) is 6.33 Å². The molecule has 1 fully saturated rings. The third-order valence-electron chi connectivity index (χ3n) is 5.74. The van der Waals surface area contributed by atoms with Crippen molar-refractivity contribution in [2.75, 3.05) is 29.9 Å². The second-order valence-electron chi connectivity index (χ2n) is 7.57. The Bertz CT molecular complexity index is 1220. The number of carbonyl (C=O) groups excluding carboxylic acids is 1. The number of hydrogen-bond acceptors (Lipinski definition) is 7. The standard InChI is InChI=1S/C22H22N6OS.ClH/c23-10-14-3-6-28(7-4-14)19-9-17-15(2-1-5-25-17)8-18(19)27-22(29)16-12-30-20-11-24-13-26-21(16)20;/h1-2,5,8-9,11-14H,3-4,6-7,10,23H2,(H,27,29);1H. The van der Waals surface area contributed by atoms with Crippen molar-refractivity contribution in [3.8, 4) is 0 Å². The van der Waals surface area contributed by atoms with Gasteiger partial charge in [-0.1, -0.05) is 6.07 Å². The van der Waals surface area contributed by atoms with Gasteiger partial charge in [0.15, 0.2) is 0 Å². The SMILES string of the molecule is Cl.NCC1CCN(c2cc3ncccc3cc2NC(=O)c2csc3cncnc23)CC1. The van der Waals surface area contributed by atoms with E-state index in [1.807, 2.05) is 23.6 Å². The van der Waals surface area contributed by atoms with Crippen LogP contribution in [-0.2, 0) is 0 Å². The molecule has 31 heavy (non-hydrogen) atoms. The first-order valence-corrected chi connectivity index (χ1v) is 10.9. The summed E-state index contributed by atoms with van der Waals surface area (Å²) in [5, 5.41) is 5.96. The van der Waals surface area contributed by atoms with Gasteiger partial charge in [0, 0.05) is 36.2 Å². The maximum atomic E-state index is 13.1. The molecule has 3 N–H and O–H groups in total. The van der Waals surface area contributed by atoms with Gasteiger partial charge in [0.2, 0.25) is 0 Å². The Hall–Kier alpha value is -2.81. The van der Waals surface area contributed by atoms with Gasteiger partial charge in [-0.3, -0.25) is 9.78 Å². The highest BCUT2D eigenvalue weighted by atomic mass is 35.5. The fourth-order valence-electron chi connectivity index (χ4n) is 4.01. The average molecular weight is 455 g/mol. The highest BCUT2D eigenvalue weighted by Crippen LogP contribution is 2.34. The number of fused-ring (bicyclic) bond motifs is 2. The van der Waals surface area contributed by atoms with Crippen LogP contribution in [0, 0.1) is 5.92 Å². The topological polar surface area (TPSA) is 97.0 Å². The molecule has 1 aromatic carbocycles. The third kappa shape index (κ3) is 4.19. The van der Waals surface area contributed by atoms with Crippen LogP contribution in [0.4, 0.5) is 11.4 Å². The van der Waals surface area contributed by atoms with E-state index in [0.29, 0.717) is 17.0 Å². The minimum Gasteiger partial charge on any atom is -0.370 e. The lowest BCUT2D eigenvalue weighted by Gasteiger charge is -2.34. The summed E-state index contributed by atoms with van der Waals surface area (Å²) >= 11 is 1.47. The molecule has 0 unspecified atom stereocenters. The molecule has 5 rings (SSSR count). The first-order chi connectivity index (χ1) is 14.7. The summed E-state index contributed by atoms with van der Waals surface area (Å²) in [4.78, 5) is 28.3. The zero-order valence-corrected chi connectivity index (χ0v) is 18.5. The van der Waals surface area contributed by atoms with E-state index in [2.05, 4.69) is 31.2 Å². The fourth-order valence-corrected chi connectivity index (χ4v) is 4.87. The normalized spacial score (nSPS) is 14.5. The van der Waals surface area contributed by atoms with Gasteiger partial charge in [-0.25, -0.2) is 9.97 Å². The van der Waals surface area contributed by atoms with Crippen LogP contribution in [0.15, 0.2) is 48.4 Å². The van der Waals surface area contributed by atoms with E-state index in [1.165, 1.54) is 17.7 Å². The Morgan fingerprint density at radius 3 is 2.90 bits per heavy atom. The van der Waals surface area contributed by atoms with E-state index in [4.69, 9.17) is 5.73 Å². The number of thiophene rings is 1. The minimum atomic E-state index is -0.165. The molecule has 3 aromatic heterocycles. The molecule has 4 aromatic rings. The number of amides is 1. The molecule has 1 saturated heterocycles. The maximum absolute atomic E-state index is 13.1. The van der Waals surface area contributed by atoms with Crippen molar-refractivity contribution in [2.45, 2.75) is 12.8 Å². The number of anilines is 2. The summed E-state index contributed by atoms with van der Waals surface area (Å²) in [6.45, 7) is 2.55. The number of aromatic nitrogens is 3. The summed E-state index contributed by atoms with van der Waals surface area (Å²) in [5.41, 5.74) is 9.82. The number of pyridine rings is 1. The molecule has 9 heteroatoms. The Morgan fingerprint density at radius 2 is 2.10 bits per heavy atom. The first-order valence-electron chi connectivity index (χ1n) is 10.1. The van der Waals surface area contributed by atoms with Crippen LogP contribution in [0.5, 0.6) is 0 Å². The zero-order chi connectivity index (χ0) is 20.5. The molecular formula is C22H23ClN6OS. The fraction of sp³-hybridized carbons (Fsp3) is 0.273. The highest BCUT2D eigenvalue weighted by Gasteiger charge is 2.22. The van der Waals surface area contributed by atoms with E-state index in [0.717, 1.165) is 59.5 Å². The van der Waals surface area contributed by atoms with Gasteiger partial charge >= 0.3 is 0 Å². The Labute approximate surface area is 190 Å². The van der Waals surface area contributed by atoms with Crippen LogP contribution >= 0.6 is 23.7 Å². The van der Waals surface area contributed by atoms with Gasteiger partial charge in [-0.05, 0) is 43.5 Å². The number of benzene rings is 1. The summed E-state index contributed by atoms with van der Waals surface area (Å²) in [6, 6.07) is 8.00. The molecule has 7 nitrogen and oxygen atoms in total. The van der Waals surface area contributed by atoms with Gasteiger partial charge in [-0.2, -0.15) is 0 Å². The summed E-state index contributed by atoms with van der Waals surface area (Å²) in [6.07, 6.45) is 7.10. The predicted molar refractivity (Wildman–Crippen MR) is 128 cm³/mol. The Kier molecular flexibility index (Phi) is 6.31. The van der Waals surface area contributed by atoms with Crippen LogP contribution in [0.3, 0.4) is 0 Å². The van der Waals surface area contributed by atoms with Crippen molar-refractivity contribution in [3.63, 3.8) is 0 Å². The number of carbonyl (C=O) groups is 1. The van der Waals surface area contributed by atoms with E-state index in [-0.39, 0.29) is 18.3 Å². The summed E-state index contributed by atoms with van der Waals surface area (Å²) in [7, 11) is 0. The van der Waals surface area contributed by atoms with Crippen molar-refractivity contribution in [2.24, 2.45) is 11.7 Å². The maximum Gasteiger partial charge on any atom is 0.258 e. The molecule has 0 atom stereocenters. The van der Waals surface area contributed by atoms with Crippen molar-refractivity contribution in [3.05, 3.63) is 53.9 Å². The third-order valence-corrected chi connectivity index (χ3v) is 6.65. The number of nitrogens with two attached hydrogens (primary N) is 1. The second kappa shape index (κ2) is 9.13. The Balaban J connectivity index is 0.00000231. The van der Waals surface area contributed by atoms with Gasteiger partial charge in [-0.15, -0.1) is 23.7 Å². The van der Waals surface area contributed by atoms with E-state index < -0.39 is 0 Å². The molecule has 0 bridgehead atoms. The van der Waals surface area contributed by atoms with Crippen LogP contribution < -0.4 is 16.0 Å². The zero-order valence-electron chi connectivity index (χ0n) is 16.8. The largest absolute Gasteiger partial charge is 0.370 e. The number of piperidine rings is 1. The number of rotatable bonds is 4. The molecule has 0 aliphatic carbocycles. The van der Waals surface area contributed by atoms with Crippen molar-refractivity contribution in [1.29, 1.82) is 0 Å². The summed E-state index contributed by atoms with van der Waals surface area (Å²) < 4.78 is 0.898. The highest BCUT2D eigenvalue weighted by molar-refractivity contribution is 7.17. The smallest absolute Gasteiger partial charge is 0.258 e. The van der Waals surface area contributed by atoms with Crippen LogP contribution in [0.2, 0.25) is 0 Å². The van der Waals surface area contributed by atoms with E-state index in [1.54, 1.807) is 12.4 Å². The monoisotopic (exact) mass is 454 g/mol. The van der Waals surface area contributed by atoms with Crippen LogP contribution in [0.1, 0.15) is 23.2 Å². The molecule has 160 valence electrons. The number of nitrogens with zero attached hydrogens (tertiary/aromatic N) is 4. The van der Waals surface area contributed by atoms with Crippen molar-refractivity contribution < 1.29 is 4.79 Å². The minimum absolute atomic E-state index is 0. The summed E-state index contributed by atoms with van der Waals surface area (Å²) in [5.74, 6) is 0.399. The average Bonchev–Trinajstić information content (AvgIpc) is 3.23. The van der Waals surface area contributed by atoms with Crippen LogP contribution in [-0.4, -0.2) is 40.5 Å². The molecule has 1 amide bonds. The lowest BCUT2D eigenvalue weighted by molar-refractivity contribution is 0.102. The molecule has 0 radical (unpaired) electrons. The first kappa shape index (κ1) is 21.4. The van der Waals surface area contributed by atoms with Crippen molar-refractivity contribution >= 4 is 62.1 Å². The molecule has 1 aliphatic heterocycles. The number of hydrogen-bond donors (Lipinski definition) is 2. The molecule has 1 aliphatic rings. The lowest BCUT2D eigenvalue weighted by atomic mass is 9.96. The number of halogens is 1. The van der Waals surface area contributed by atoms with Gasteiger partial charge in [0.25, 0.3) is 5.91 Å². The second-order valence-corrected chi connectivity index (χ2v) is 8.48. The lowest BCUT2D eigenvalue weighted by Crippen LogP contribution is -2.36. The molecular weight excluding hydrogens is 432 g/mol. The Morgan fingerprint density at radius 1 is 1.26 bits per heavy atom. The van der Waals surface area contributed by atoms with Gasteiger partial charge in [0.05, 0.1) is 32.7 Å². The molecule has 0 spiro atoms. The molecule has 0 saturated carbocycles. The van der Waals surface area contributed by atoms with E-state index >= 15 is 0 Å². The van der Waals surface area contributed by atoms with Crippen LogP contribution in [0.25, 0.3) is 21.1 Å². The predicted octanol–water partition coefficient (Wildman–Crippen LogP) is 4.09. The van der Waals surface area contributed by atoms with Crippen molar-refractivity contribution in [1.82, 2.24) is 15.0 Å². The van der Waals surface area contributed by atoms with Gasteiger partial charge < -0.3 is 16.0 Å². The quantitative estimate of drug-likeness (QED) is 0.482. The van der Waals surface area contributed by atoms with E-state index in [9.17, 15) is 4.79 Å². The molecule has 4 heterocycles. The number of nitrogens with one attached hydrogen (secondary N) is 1.